The maximum absolute atomic E-state index is 11.0. The van der Waals surface area contributed by atoms with Gasteiger partial charge in [0.05, 0.1) is 26.2 Å². The fourth-order valence-electron chi connectivity index (χ4n) is 1.11. The molecule has 1 rings (SSSR count). The molecule has 0 aliphatic carbocycles. The van der Waals surface area contributed by atoms with Crippen LogP contribution in [0.15, 0.2) is 4.79 Å². The molecule has 82 valence electrons. The fourth-order valence-corrected chi connectivity index (χ4v) is 1.11. The van der Waals surface area contributed by atoms with Crippen LogP contribution in [-0.2, 0) is 11.2 Å². The molecule has 0 spiro atoms. The number of carboxylic acid groups (broad SMARTS) is 1. The molecule has 2 N–H and O–H groups in total. The monoisotopic (exact) mass is 214 g/mol. The summed E-state index contributed by atoms with van der Waals surface area (Å²) in [6.45, 7) is 0. The van der Waals surface area contributed by atoms with Gasteiger partial charge in [-0.25, -0.2) is 4.79 Å². The largest absolute Gasteiger partial charge is 0.482 e. The first-order valence-electron chi connectivity index (χ1n) is 4.01. The second-order valence-corrected chi connectivity index (χ2v) is 2.63. The SMILES string of the molecule is COc1nc(=O)[nH]c(OC)c1CC(=O)O. The van der Waals surface area contributed by atoms with E-state index in [1.54, 1.807) is 0 Å². The number of rotatable bonds is 4. The molecule has 0 amide bonds. The van der Waals surface area contributed by atoms with Crippen LogP contribution >= 0.6 is 0 Å². The Morgan fingerprint density at radius 1 is 1.47 bits per heavy atom. The molecule has 0 saturated carbocycles. The third-order valence-electron chi connectivity index (χ3n) is 1.68. The average Bonchev–Trinajstić information content (AvgIpc) is 2.19. The Morgan fingerprint density at radius 3 is 2.60 bits per heavy atom. The van der Waals surface area contributed by atoms with Crippen LogP contribution in [0.25, 0.3) is 0 Å². The van der Waals surface area contributed by atoms with Crippen molar-refractivity contribution in [2.75, 3.05) is 14.2 Å². The summed E-state index contributed by atoms with van der Waals surface area (Å²) in [6, 6.07) is 0. The number of aliphatic carboxylic acids is 1. The first-order chi connectivity index (χ1) is 7.08. The zero-order chi connectivity index (χ0) is 11.4. The van der Waals surface area contributed by atoms with Gasteiger partial charge in [0.25, 0.3) is 0 Å². The maximum atomic E-state index is 11.0. The zero-order valence-corrected chi connectivity index (χ0v) is 8.23. The van der Waals surface area contributed by atoms with Crippen molar-refractivity contribution in [1.29, 1.82) is 0 Å². The van der Waals surface area contributed by atoms with Gasteiger partial charge in [-0.05, 0) is 0 Å². The first-order valence-corrected chi connectivity index (χ1v) is 4.01. The van der Waals surface area contributed by atoms with Gasteiger partial charge in [0, 0.05) is 0 Å². The zero-order valence-electron chi connectivity index (χ0n) is 8.23. The van der Waals surface area contributed by atoms with Gasteiger partial charge in [0.2, 0.25) is 11.8 Å². The van der Waals surface area contributed by atoms with E-state index in [0.717, 1.165) is 0 Å². The normalized spacial score (nSPS) is 9.73. The highest BCUT2D eigenvalue weighted by atomic mass is 16.5. The van der Waals surface area contributed by atoms with E-state index >= 15 is 0 Å². The number of carbonyl (C=O) groups is 1. The first kappa shape index (κ1) is 11.0. The number of nitrogens with zero attached hydrogens (tertiary/aromatic N) is 1. The molecule has 0 aromatic carbocycles. The minimum absolute atomic E-state index is 0.0435. The van der Waals surface area contributed by atoms with Crippen molar-refractivity contribution in [1.82, 2.24) is 9.97 Å². The number of methoxy groups -OCH3 is 2. The van der Waals surface area contributed by atoms with Crippen LogP contribution in [-0.4, -0.2) is 35.3 Å². The summed E-state index contributed by atoms with van der Waals surface area (Å²) in [4.78, 5) is 27.3. The van der Waals surface area contributed by atoms with E-state index in [2.05, 4.69) is 9.97 Å². The number of aromatic amines is 1. The third-order valence-corrected chi connectivity index (χ3v) is 1.68. The molecule has 15 heavy (non-hydrogen) atoms. The van der Waals surface area contributed by atoms with Crippen molar-refractivity contribution in [3.63, 3.8) is 0 Å². The second kappa shape index (κ2) is 4.45. The molecule has 1 heterocycles. The lowest BCUT2D eigenvalue weighted by atomic mass is 10.2. The minimum Gasteiger partial charge on any atom is -0.482 e. The van der Waals surface area contributed by atoms with Gasteiger partial charge in [-0.2, -0.15) is 4.98 Å². The summed E-state index contributed by atoms with van der Waals surface area (Å²) < 4.78 is 9.63. The van der Waals surface area contributed by atoms with Crippen LogP contribution in [0.3, 0.4) is 0 Å². The smallest absolute Gasteiger partial charge is 0.351 e. The maximum Gasteiger partial charge on any atom is 0.351 e. The van der Waals surface area contributed by atoms with Crippen LogP contribution in [0.4, 0.5) is 0 Å². The lowest BCUT2D eigenvalue weighted by Crippen LogP contribution is -2.17. The quantitative estimate of drug-likeness (QED) is 0.694. The predicted molar refractivity (Wildman–Crippen MR) is 49.3 cm³/mol. The van der Waals surface area contributed by atoms with E-state index in [1.165, 1.54) is 14.2 Å². The Bertz CT molecular complexity index is 397. The number of hydrogen-bond donors (Lipinski definition) is 2. The van der Waals surface area contributed by atoms with Gasteiger partial charge in [-0.1, -0.05) is 0 Å². The molecule has 0 bridgehead atoms. The molecule has 7 heteroatoms. The summed E-state index contributed by atoms with van der Waals surface area (Å²) in [5.74, 6) is -1.06. The summed E-state index contributed by atoms with van der Waals surface area (Å²) in [5, 5.41) is 8.65. The number of H-pyrrole nitrogens is 1. The molecule has 0 saturated heterocycles. The van der Waals surface area contributed by atoms with Crippen LogP contribution in [0.1, 0.15) is 5.56 Å². The Hall–Kier alpha value is -2.05. The summed E-state index contributed by atoms with van der Waals surface area (Å²) in [5.41, 5.74) is -0.454. The second-order valence-electron chi connectivity index (χ2n) is 2.63. The van der Waals surface area contributed by atoms with Gasteiger partial charge in [0.1, 0.15) is 0 Å². The summed E-state index contributed by atoms with van der Waals surface area (Å²) >= 11 is 0. The molecule has 0 aliphatic heterocycles. The average molecular weight is 214 g/mol. The van der Waals surface area contributed by atoms with E-state index in [9.17, 15) is 9.59 Å². The molecular formula is C8H10N2O5. The van der Waals surface area contributed by atoms with Crippen molar-refractivity contribution in [2.24, 2.45) is 0 Å². The van der Waals surface area contributed by atoms with Crippen LogP contribution < -0.4 is 15.2 Å². The van der Waals surface area contributed by atoms with Gasteiger partial charge >= 0.3 is 11.7 Å². The molecule has 7 nitrogen and oxygen atoms in total. The van der Waals surface area contributed by atoms with Crippen molar-refractivity contribution < 1.29 is 19.4 Å². The lowest BCUT2D eigenvalue weighted by molar-refractivity contribution is -0.136. The van der Waals surface area contributed by atoms with Gasteiger partial charge in [-0.15, -0.1) is 0 Å². The van der Waals surface area contributed by atoms with Crippen molar-refractivity contribution in [2.45, 2.75) is 6.42 Å². The number of nitrogens with one attached hydrogen (secondary N) is 1. The number of aromatic nitrogens is 2. The highest BCUT2D eigenvalue weighted by molar-refractivity contribution is 5.71. The molecule has 0 atom stereocenters. The Morgan fingerprint density at radius 2 is 2.13 bits per heavy atom. The fraction of sp³-hybridized carbons (Fsp3) is 0.375. The molecular weight excluding hydrogens is 204 g/mol. The Kier molecular flexibility index (Phi) is 3.27. The Balaban J connectivity index is 3.30. The lowest BCUT2D eigenvalue weighted by Gasteiger charge is -2.08. The summed E-state index contributed by atoms with van der Waals surface area (Å²) in [6.07, 6.45) is -0.337. The van der Waals surface area contributed by atoms with E-state index < -0.39 is 11.7 Å². The van der Waals surface area contributed by atoms with Crippen LogP contribution in [0.2, 0.25) is 0 Å². The van der Waals surface area contributed by atoms with Crippen LogP contribution in [0.5, 0.6) is 11.8 Å². The van der Waals surface area contributed by atoms with Gasteiger partial charge < -0.3 is 14.6 Å². The molecule has 1 aromatic rings. The van der Waals surface area contributed by atoms with Crippen molar-refractivity contribution >= 4 is 5.97 Å². The molecule has 0 radical (unpaired) electrons. The number of ether oxygens (including phenoxy) is 2. The van der Waals surface area contributed by atoms with E-state index in [4.69, 9.17) is 14.6 Å². The Labute approximate surface area is 84.7 Å². The third kappa shape index (κ3) is 2.46. The van der Waals surface area contributed by atoms with Gasteiger partial charge in [-0.3, -0.25) is 9.78 Å². The van der Waals surface area contributed by atoms with E-state index in [-0.39, 0.29) is 23.7 Å². The highest BCUT2D eigenvalue weighted by Crippen LogP contribution is 2.22. The summed E-state index contributed by atoms with van der Waals surface area (Å²) in [7, 11) is 2.61. The van der Waals surface area contributed by atoms with Crippen LogP contribution in [0, 0.1) is 0 Å². The minimum atomic E-state index is -1.07. The highest BCUT2D eigenvalue weighted by Gasteiger charge is 2.16. The molecule has 0 unspecified atom stereocenters. The number of hydrogen-bond acceptors (Lipinski definition) is 5. The predicted octanol–water partition coefficient (Wildman–Crippen LogP) is -0.586. The van der Waals surface area contributed by atoms with Crippen molar-refractivity contribution in [3.05, 3.63) is 16.0 Å². The van der Waals surface area contributed by atoms with Crippen molar-refractivity contribution in [3.8, 4) is 11.8 Å². The molecule has 0 aliphatic rings. The molecule has 1 aromatic heterocycles. The van der Waals surface area contributed by atoms with E-state index in [0.29, 0.717) is 0 Å². The molecule has 0 fully saturated rings. The standard InChI is InChI=1S/C8H10N2O5/c1-14-6-4(3-5(11)12)7(15-2)10-8(13)9-6/h3H2,1-2H3,(H,11,12)(H,9,10,13). The van der Waals surface area contributed by atoms with Gasteiger partial charge in [0.15, 0.2) is 0 Å². The van der Waals surface area contributed by atoms with E-state index in [1.807, 2.05) is 0 Å². The topological polar surface area (TPSA) is 102 Å². The number of carboxylic acids is 1.